The van der Waals surface area contributed by atoms with Crippen LogP contribution in [0.1, 0.15) is 40.0 Å². The van der Waals surface area contributed by atoms with Crippen molar-refractivity contribution in [3.05, 3.63) is 11.6 Å². The maximum Gasteiger partial charge on any atom is 0.280 e. The molecule has 0 aromatic heterocycles. The number of likely N-dealkylation sites (tertiary alicyclic amines) is 1. The Morgan fingerprint density at radius 2 is 2.08 bits per heavy atom. The highest BCUT2D eigenvalue weighted by Gasteiger charge is 2.26. The Labute approximate surface area is 144 Å². The Hall–Kier alpha value is -1.43. The van der Waals surface area contributed by atoms with Gasteiger partial charge in [0.2, 0.25) is 0 Å². The molecule has 0 amide bonds. The van der Waals surface area contributed by atoms with Crippen molar-refractivity contribution in [1.82, 2.24) is 4.90 Å². The van der Waals surface area contributed by atoms with E-state index in [1.165, 1.54) is 6.34 Å². The minimum absolute atomic E-state index is 0.204. The number of halogens is 2. The number of piperidine rings is 1. The molecule has 6 heteroatoms. The average molecular weight is 340 g/mol. The molecule has 2 atom stereocenters. The van der Waals surface area contributed by atoms with Crippen LogP contribution in [0.3, 0.4) is 0 Å². The minimum Gasteiger partial charge on any atom is -0.306 e. The van der Waals surface area contributed by atoms with Crippen LogP contribution < -0.4 is 0 Å². The lowest BCUT2D eigenvalue weighted by molar-refractivity contribution is 0.176. The highest BCUT2D eigenvalue weighted by molar-refractivity contribution is 6.07. The average Bonchev–Trinajstić information content (AvgIpc) is 2.53. The molecule has 1 aliphatic heterocycles. The van der Waals surface area contributed by atoms with Crippen LogP contribution in [0.25, 0.3) is 0 Å². The lowest BCUT2D eigenvalue weighted by atomic mass is 9.82. The van der Waals surface area contributed by atoms with Gasteiger partial charge in [-0.1, -0.05) is 19.4 Å². The molecule has 1 heterocycles. The third-order valence-electron chi connectivity index (χ3n) is 4.40. The molecule has 0 aliphatic carbocycles. The predicted molar refractivity (Wildman–Crippen MR) is 98.7 cm³/mol. The topological polar surface area (TPSA) is 40.3 Å². The second-order valence-electron chi connectivity index (χ2n) is 6.53. The molecule has 2 unspecified atom stereocenters. The van der Waals surface area contributed by atoms with Crippen molar-refractivity contribution in [2.45, 2.75) is 46.5 Å². The van der Waals surface area contributed by atoms with Crippen LogP contribution in [-0.2, 0) is 0 Å². The van der Waals surface area contributed by atoms with Crippen LogP contribution in [0.15, 0.2) is 26.6 Å². The lowest BCUT2D eigenvalue weighted by Gasteiger charge is -2.35. The summed E-state index contributed by atoms with van der Waals surface area (Å²) in [6.45, 7) is 8.05. The Morgan fingerprint density at radius 1 is 1.38 bits per heavy atom. The molecule has 0 radical (unpaired) electrons. The van der Waals surface area contributed by atoms with Crippen LogP contribution in [0.5, 0.6) is 0 Å². The van der Waals surface area contributed by atoms with Crippen LogP contribution in [0, 0.1) is 11.8 Å². The summed E-state index contributed by atoms with van der Waals surface area (Å²) in [7, 11) is 3.67. The monoisotopic (exact) mass is 340 g/mol. The third kappa shape index (κ3) is 6.59. The Bertz CT molecular complexity index is 509. The number of rotatable bonds is 6. The van der Waals surface area contributed by atoms with Gasteiger partial charge in [0.15, 0.2) is 0 Å². The van der Waals surface area contributed by atoms with Gasteiger partial charge in [0.05, 0.1) is 0 Å². The first-order valence-corrected chi connectivity index (χ1v) is 8.59. The van der Waals surface area contributed by atoms with Crippen molar-refractivity contribution in [1.29, 1.82) is 0 Å². The Balaban J connectivity index is 3.07. The van der Waals surface area contributed by atoms with Crippen molar-refractivity contribution < 1.29 is 8.78 Å². The van der Waals surface area contributed by atoms with Gasteiger partial charge in [0, 0.05) is 20.0 Å². The summed E-state index contributed by atoms with van der Waals surface area (Å²) < 4.78 is 26.9. The molecule has 1 aliphatic rings. The predicted octanol–water partition coefficient (Wildman–Crippen LogP) is 4.08. The largest absolute Gasteiger partial charge is 0.306 e. The van der Waals surface area contributed by atoms with Crippen LogP contribution >= 0.6 is 0 Å². The fraction of sp³-hybridized carbons (Fsp3) is 0.722. The van der Waals surface area contributed by atoms with E-state index in [2.05, 4.69) is 33.8 Å². The van der Waals surface area contributed by atoms with E-state index in [1.54, 1.807) is 13.1 Å². The molecule has 0 saturated carbocycles. The lowest BCUT2D eigenvalue weighted by Crippen LogP contribution is -2.37. The van der Waals surface area contributed by atoms with Crippen LogP contribution in [0.2, 0.25) is 0 Å². The van der Waals surface area contributed by atoms with E-state index < -0.39 is 6.43 Å². The number of aliphatic imine (C=N–C) groups is 3. The summed E-state index contributed by atoms with van der Waals surface area (Å²) in [5, 5.41) is 0. The molecule has 0 spiro atoms. The zero-order valence-corrected chi connectivity index (χ0v) is 15.5. The SMILES string of the molecule is CCCC(=N\C=N/C)/N=C(\C=C(/C)C1CN(C)CCC1C)C(F)F. The first-order valence-electron chi connectivity index (χ1n) is 8.59. The van der Waals surface area contributed by atoms with Gasteiger partial charge in [0.25, 0.3) is 6.43 Å². The van der Waals surface area contributed by atoms with Gasteiger partial charge >= 0.3 is 0 Å². The number of hydrogen-bond acceptors (Lipinski definition) is 2. The highest BCUT2D eigenvalue weighted by Crippen LogP contribution is 2.28. The summed E-state index contributed by atoms with van der Waals surface area (Å²) >= 11 is 0. The van der Waals surface area contributed by atoms with Crippen LogP contribution in [-0.4, -0.2) is 56.4 Å². The number of hydrogen-bond donors (Lipinski definition) is 0. The van der Waals surface area contributed by atoms with Gasteiger partial charge in [-0.25, -0.2) is 18.8 Å². The second kappa shape index (κ2) is 10.4. The molecule has 1 saturated heterocycles. The first-order chi connectivity index (χ1) is 11.4. The molecule has 0 bridgehead atoms. The quantitative estimate of drug-likeness (QED) is 0.530. The number of amidine groups is 1. The zero-order valence-electron chi connectivity index (χ0n) is 15.5. The molecule has 136 valence electrons. The molecule has 4 nitrogen and oxygen atoms in total. The van der Waals surface area contributed by atoms with E-state index in [0.717, 1.165) is 31.5 Å². The molecular formula is C18H30F2N4. The normalized spacial score (nSPS) is 25.1. The molecule has 24 heavy (non-hydrogen) atoms. The van der Waals surface area contributed by atoms with Crippen LogP contribution in [0.4, 0.5) is 8.78 Å². The van der Waals surface area contributed by atoms with E-state index in [1.807, 2.05) is 13.8 Å². The third-order valence-corrected chi connectivity index (χ3v) is 4.40. The van der Waals surface area contributed by atoms with Gasteiger partial charge in [-0.3, -0.25) is 4.99 Å². The fourth-order valence-electron chi connectivity index (χ4n) is 2.96. The van der Waals surface area contributed by atoms with Gasteiger partial charge < -0.3 is 4.90 Å². The standard InChI is InChI=1S/C18H30F2N4/c1-6-7-17(22-12-21-4)23-16(18(19)20)10-14(3)15-11-24(5)9-8-13(15)2/h10,12-13,15,18H,6-9,11H2,1-5H3/b14-10+,21-12-,22-17+,23-16+. The molecule has 1 fully saturated rings. The van der Waals surface area contributed by atoms with Gasteiger partial charge in [-0.2, -0.15) is 0 Å². The molecule has 0 aromatic rings. The molecule has 1 rings (SSSR count). The fourth-order valence-corrected chi connectivity index (χ4v) is 2.96. The van der Waals surface area contributed by atoms with Gasteiger partial charge in [-0.05, 0) is 51.3 Å². The molecular weight excluding hydrogens is 310 g/mol. The first kappa shape index (κ1) is 20.6. The van der Waals surface area contributed by atoms with E-state index in [9.17, 15) is 8.78 Å². The van der Waals surface area contributed by atoms with Crippen molar-refractivity contribution in [3.63, 3.8) is 0 Å². The second-order valence-corrected chi connectivity index (χ2v) is 6.53. The summed E-state index contributed by atoms with van der Waals surface area (Å²) in [5.74, 6) is 1.18. The summed E-state index contributed by atoms with van der Waals surface area (Å²) in [4.78, 5) is 14.2. The van der Waals surface area contributed by atoms with Crippen molar-refractivity contribution in [3.8, 4) is 0 Å². The minimum atomic E-state index is -2.61. The number of alkyl halides is 2. The maximum absolute atomic E-state index is 13.4. The maximum atomic E-state index is 13.4. The van der Waals surface area contributed by atoms with Gasteiger partial charge in [-0.15, -0.1) is 0 Å². The molecule has 0 aromatic carbocycles. The summed E-state index contributed by atoms with van der Waals surface area (Å²) in [6.07, 6.45) is 2.73. The summed E-state index contributed by atoms with van der Waals surface area (Å²) in [5.41, 5.74) is 0.762. The zero-order chi connectivity index (χ0) is 18.1. The number of allylic oxidation sites excluding steroid dienone is 1. The van der Waals surface area contributed by atoms with Crippen molar-refractivity contribution in [2.75, 3.05) is 27.2 Å². The van der Waals surface area contributed by atoms with E-state index in [4.69, 9.17) is 0 Å². The number of nitrogens with zero attached hydrogens (tertiary/aromatic N) is 4. The van der Waals surface area contributed by atoms with E-state index in [-0.39, 0.29) is 11.6 Å². The van der Waals surface area contributed by atoms with Crippen molar-refractivity contribution in [2.24, 2.45) is 26.8 Å². The van der Waals surface area contributed by atoms with E-state index in [0.29, 0.717) is 18.2 Å². The van der Waals surface area contributed by atoms with Gasteiger partial charge in [0.1, 0.15) is 17.9 Å². The smallest absolute Gasteiger partial charge is 0.280 e. The highest BCUT2D eigenvalue weighted by atomic mass is 19.3. The molecule has 0 N–H and O–H groups in total. The summed E-state index contributed by atoms with van der Waals surface area (Å²) in [6, 6.07) is 0. The van der Waals surface area contributed by atoms with Crippen molar-refractivity contribution >= 4 is 17.9 Å². The Kier molecular flexibility index (Phi) is 8.97. The Morgan fingerprint density at radius 3 is 2.67 bits per heavy atom. The van der Waals surface area contributed by atoms with E-state index >= 15 is 0 Å².